The summed E-state index contributed by atoms with van der Waals surface area (Å²) in [5.41, 5.74) is -0.581. The van der Waals surface area contributed by atoms with Gasteiger partial charge in [0.15, 0.2) is 0 Å². The first-order valence-electron chi connectivity index (χ1n) is 15.5. The van der Waals surface area contributed by atoms with Gasteiger partial charge in [-0.1, -0.05) is 70.4 Å². The average Bonchev–Trinajstić information content (AvgIpc) is 2.87. The van der Waals surface area contributed by atoms with Gasteiger partial charge in [0.2, 0.25) is 11.8 Å². The Labute approximate surface area is 242 Å². The van der Waals surface area contributed by atoms with E-state index in [0.29, 0.717) is 25.8 Å². The molecule has 0 saturated heterocycles. The van der Waals surface area contributed by atoms with Crippen LogP contribution in [0.4, 0.5) is 4.79 Å². The molecule has 0 aliphatic rings. The number of rotatable bonds is 24. The van der Waals surface area contributed by atoms with Crippen molar-refractivity contribution in [1.82, 2.24) is 16.0 Å². The first kappa shape index (κ1) is 37.4. The van der Waals surface area contributed by atoms with Gasteiger partial charge in [-0.15, -0.1) is 0 Å². The van der Waals surface area contributed by atoms with E-state index in [2.05, 4.69) is 35.0 Å². The third-order valence-electron chi connectivity index (χ3n) is 6.33. The summed E-state index contributed by atoms with van der Waals surface area (Å²) in [5.74, 6) is -1.86. The van der Waals surface area contributed by atoms with Gasteiger partial charge in [0.25, 0.3) is 0 Å². The molecular formula is C31H57N3O6. The molecule has 40 heavy (non-hydrogen) atoms. The fourth-order valence-corrected chi connectivity index (χ4v) is 4.10. The van der Waals surface area contributed by atoms with Crippen molar-refractivity contribution >= 4 is 23.9 Å². The molecule has 0 saturated carbocycles. The highest BCUT2D eigenvalue weighted by Crippen LogP contribution is 2.10. The minimum Gasteiger partial charge on any atom is -0.480 e. The van der Waals surface area contributed by atoms with Crippen LogP contribution in [0.5, 0.6) is 0 Å². The highest BCUT2D eigenvalue weighted by molar-refractivity contribution is 5.87. The van der Waals surface area contributed by atoms with E-state index in [4.69, 9.17) is 4.74 Å². The molecule has 1 atom stereocenters. The number of nitrogens with one attached hydrogen (secondary N) is 3. The fourth-order valence-electron chi connectivity index (χ4n) is 4.10. The number of ether oxygens (including phenoxy) is 1. The lowest BCUT2D eigenvalue weighted by Gasteiger charge is -2.19. The molecule has 0 rings (SSSR count). The van der Waals surface area contributed by atoms with Gasteiger partial charge in [-0.3, -0.25) is 9.59 Å². The molecule has 0 fully saturated rings. The zero-order chi connectivity index (χ0) is 30.1. The number of carbonyl (C=O) groups is 4. The minimum absolute atomic E-state index is 0.201. The summed E-state index contributed by atoms with van der Waals surface area (Å²) in [6.45, 7) is 7.67. The van der Waals surface area contributed by atoms with Gasteiger partial charge in [-0.05, 0) is 72.1 Å². The van der Waals surface area contributed by atoms with Crippen LogP contribution in [-0.2, 0) is 19.1 Å². The van der Waals surface area contributed by atoms with E-state index in [9.17, 15) is 24.3 Å². The highest BCUT2D eigenvalue weighted by atomic mass is 16.6. The third kappa shape index (κ3) is 25.7. The molecule has 0 aromatic rings. The Morgan fingerprint density at radius 3 is 1.90 bits per heavy atom. The monoisotopic (exact) mass is 567 g/mol. The lowest BCUT2D eigenvalue weighted by Crippen LogP contribution is -2.45. The summed E-state index contributed by atoms with van der Waals surface area (Å²) in [6, 6.07) is -1.05. The quantitative estimate of drug-likeness (QED) is 0.0787. The molecule has 9 heteroatoms. The Morgan fingerprint density at radius 1 is 0.750 bits per heavy atom. The summed E-state index contributed by atoms with van der Waals surface area (Å²) < 4.78 is 5.14. The summed E-state index contributed by atoms with van der Waals surface area (Å²) in [4.78, 5) is 47.2. The van der Waals surface area contributed by atoms with Crippen LogP contribution in [0, 0.1) is 0 Å². The van der Waals surface area contributed by atoms with Crippen LogP contribution in [0.2, 0.25) is 0 Å². The first-order valence-corrected chi connectivity index (χ1v) is 15.5. The van der Waals surface area contributed by atoms with E-state index < -0.39 is 29.6 Å². The maximum atomic E-state index is 12.1. The van der Waals surface area contributed by atoms with Crippen LogP contribution >= 0.6 is 0 Å². The Kier molecular flexibility index (Phi) is 22.7. The largest absolute Gasteiger partial charge is 0.480 e. The number of carbonyl (C=O) groups excluding carboxylic acids is 3. The number of carboxylic acid groups (broad SMARTS) is 1. The summed E-state index contributed by atoms with van der Waals surface area (Å²) in [7, 11) is 0. The molecule has 0 aromatic carbocycles. The molecule has 4 N–H and O–H groups in total. The van der Waals surface area contributed by atoms with Crippen LogP contribution < -0.4 is 16.0 Å². The van der Waals surface area contributed by atoms with E-state index in [1.807, 2.05) is 0 Å². The van der Waals surface area contributed by atoms with Gasteiger partial charge in [0.05, 0.1) is 6.54 Å². The van der Waals surface area contributed by atoms with Gasteiger partial charge >= 0.3 is 12.1 Å². The van der Waals surface area contributed by atoms with Gasteiger partial charge in [0, 0.05) is 13.0 Å². The second-order valence-electron chi connectivity index (χ2n) is 11.5. The molecule has 0 unspecified atom stereocenters. The molecular weight excluding hydrogens is 510 g/mol. The smallest absolute Gasteiger partial charge is 0.407 e. The Hall–Kier alpha value is -2.58. The van der Waals surface area contributed by atoms with Crippen LogP contribution in [0.1, 0.15) is 137 Å². The average molecular weight is 568 g/mol. The van der Waals surface area contributed by atoms with Crippen LogP contribution in [0.15, 0.2) is 12.2 Å². The molecule has 0 aliphatic heterocycles. The van der Waals surface area contributed by atoms with Crippen molar-refractivity contribution in [3.63, 3.8) is 0 Å². The third-order valence-corrected chi connectivity index (χ3v) is 6.33. The van der Waals surface area contributed by atoms with E-state index in [-0.39, 0.29) is 18.9 Å². The van der Waals surface area contributed by atoms with E-state index >= 15 is 0 Å². The van der Waals surface area contributed by atoms with Crippen molar-refractivity contribution in [2.75, 3.05) is 13.1 Å². The van der Waals surface area contributed by atoms with Crippen molar-refractivity contribution in [3.8, 4) is 0 Å². The number of carboxylic acids is 1. The van der Waals surface area contributed by atoms with Gasteiger partial charge in [-0.2, -0.15) is 0 Å². The highest BCUT2D eigenvalue weighted by Gasteiger charge is 2.20. The molecule has 0 aromatic heterocycles. The molecule has 9 nitrogen and oxygen atoms in total. The predicted octanol–water partition coefficient (Wildman–Crippen LogP) is 6.40. The molecule has 0 radical (unpaired) electrons. The molecule has 0 heterocycles. The number of hydrogen-bond acceptors (Lipinski definition) is 5. The van der Waals surface area contributed by atoms with Crippen LogP contribution in [0.3, 0.4) is 0 Å². The predicted molar refractivity (Wildman–Crippen MR) is 160 cm³/mol. The second-order valence-corrected chi connectivity index (χ2v) is 11.5. The minimum atomic E-state index is -1.13. The Morgan fingerprint density at radius 2 is 1.32 bits per heavy atom. The van der Waals surface area contributed by atoms with Gasteiger partial charge in [-0.25, -0.2) is 9.59 Å². The standard InChI is InChI=1S/C31H57N3O6/c1-5-6-7-8-9-10-11-12-13-14-15-16-17-18-19-23-27(35)33-25-28(36)34-26(29(37)38)22-20-21-24-32-30(39)40-31(2,3)4/h12-13,26H,5-11,14-25H2,1-4H3,(H,32,39)(H,33,35)(H,34,36)(H,37,38)/b13-12-/t26-/m0/s1. The number of hydrogen-bond donors (Lipinski definition) is 4. The van der Waals surface area contributed by atoms with Crippen molar-refractivity contribution in [2.45, 2.75) is 148 Å². The van der Waals surface area contributed by atoms with Crippen molar-refractivity contribution in [2.24, 2.45) is 0 Å². The van der Waals surface area contributed by atoms with Gasteiger partial charge < -0.3 is 25.8 Å². The normalized spacial score (nSPS) is 12.2. The van der Waals surface area contributed by atoms with Crippen LogP contribution in [0.25, 0.3) is 0 Å². The number of alkyl carbamates (subject to hydrolysis) is 1. The van der Waals surface area contributed by atoms with Crippen molar-refractivity contribution in [1.29, 1.82) is 0 Å². The molecule has 0 aliphatic carbocycles. The summed E-state index contributed by atoms with van der Waals surface area (Å²) in [6.07, 6.45) is 21.2. The maximum absolute atomic E-state index is 12.1. The summed E-state index contributed by atoms with van der Waals surface area (Å²) in [5, 5.41) is 17.0. The fraction of sp³-hybridized carbons (Fsp3) is 0.806. The Balaban J connectivity index is 3.79. The Bertz CT molecular complexity index is 733. The zero-order valence-electron chi connectivity index (χ0n) is 25.7. The van der Waals surface area contributed by atoms with Crippen LogP contribution in [-0.4, -0.2) is 53.7 Å². The number of aliphatic carboxylic acids is 1. The molecule has 0 spiro atoms. The topological polar surface area (TPSA) is 134 Å². The van der Waals surface area contributed by atoms with Gasteiger partial charge in [0.1, 0.15) is 11.6 Å². The zero-order valence-corrected chi connectivity index (χ0v) is 25.7. The van der Waals surface area contributed by atoms with E-state index in [0.717, 1.165) is 32.1 Å². The number of allylic oxidation sites excluding steroid dienone is 2. The number of unbranched alkanes of at least 4 members (excludes halogenated alkanes) is 12. The van der Waals surface area contributed by atoms with E-state index in [1.54, 1.807) is 20.8 Å². The second kappa shape index (κ2) is 24.2. The summed E-state index contributed by atoms with van der Waals surface area (Å²) >= 11 is 0. The SMILES string of the molecule is CCCCCCCC/C=C\CCCCCCCC(=O)NCC(=O)N[C@@H](CCCCNC(=O)OC(C)(C)C)C(=O)O. The van der Waals surface area contributed by atoms with Crippen molar-refractivity contribution < 1.29 is 29.0 Å². The molecule has 3 amide bonds. The maximum Gasteiger partial charge on any atom is 0.407 e. The molecule has 232 valence electrons. The first-order chi connectivity index (χ1) is 19.0. The number of amides is 3. The lowest BCUT2D eigenvalue weighted by atomic mass is 10.1. The molecule has 0 bridgehead atoms. The lowest BCUT2D eigenvalue weighted by molar-refractivity contribution is -0.142. The van der Waals surface area contributed by atoms with Crippen molar-refractivity contribution in [3.05, 3.63) is 12.2 Å². The van der Waals surface area contributed by atoms with E-state index in [1.165, 1.54) is 51.4 Å².